The zero-order valence-corrected chi connectivity index (χ0v) is 9.27. The number of nitriles is 1. The number of hydrogen-bond donors (Lipinski definition) is 1. The highest BCUT2D eigenvalue weighted by Crippen LogP contribution is 2.22. The Morgan fingerprint density at radius 2 is 2.25 bits per heavy atom. The molecule has 0 heterocycles. The maximum atomic E-state index is 13.4. The Morgan fingerprint density at radius 1 is 1.56 bits per heavy atom. The fraction of sp³-hybridized carbons (Fsp3) is 0.417. The van der Waals surface area contributed by atoms with Crippen LogP contribution in [0.5, 0.6) is 5.75 Å². The Balaban J connectivity index is 2.86. The van der Waals surface area contributed by atoms with E-state index in [1.54, 1.807) is 6.07 Å². The smallest absolute Gasteiger partial charge is 0.184 e. The minimum atomic E-state index is -0.855. The van der Waals surface area contributed by atoms with E-state index in [1.165, 1.54) is 19.1 Å². The zero-order chi connectivity index (χ0) is 12.1. The molecule has 0 aliphatic heterocycles. The summed E-state index contributed by atoms with van der Waals surface area (Å²) in [4.78, 5) is 0. The van der Waals surface area contributed by atoms with Crippen LogP contribution in [0.3, 0.4) is 0 Å². The van der Waals surface area contributed by atoms with Crippen molar-refractivity contribution in [3.63, 3.8) is 0 Å². The third kappa shape index (κ3) is 2.94. The molecule has 16 heavy (non-hydrogen) atoms. The van der Waals surface area contributed by atoms with E-state index in [-0.39, 0.29) is 5.56 Å². The molecule has 1 aromatic rings. The fourth-order valence-electron chi connectivity index (χ4n) is 1.29. The molecule has 0 aliphatic carbocycles. The van der Waals surface area contributed by atoms with Crippen LogP contribution in [0.15, 0.2) is 18.2 Å². The van der Waals surface area contributed by atoms with Crippen molar-refractivity contribution in [1.82, 2.24) is 0 Å². The molecule has 0 amide bonds. The second-order valence-corrected chi connectivity index (χ2v) is 3.50. The van der Waals surface area contributed by atoms with Crippen LogP contribution in [0, 0.1) is 17.1 Å². The molecule has 0 spiro atoms. The van der Waals surface area contributed by atoms with Gasteiger partial charge in [-0.1, -0.05) is 6.92 Å². The second kappa shape index (κ2) is 5.47. The summed E-state index contributed by atoms with van der Waals surface area (Å²) in [7, 11) is 0. The first-order valence-corrected chi connectivity index (χ1v) is 5.12. The van der Waals surface area contributed by atoms with Gasteiger partial charge in [0.05, 0.1) is 6.10 Å². The predicted molar refractivity (Wildman–Crippen MR) is 57.4 cm³/mol. The van der Waals surface area contributed by atoms with Crippen LogP contribution >= 0.6 is 0 Å². The standard InChI is InChI=1S/C12H14FNO2/c1-3-9(7-14)16-10-4-5-11(8(2)15)12(13)6-10/h4-6,8-9,15H,3H2,1-2H3/t8-,9?/m1/s1. The molecule has 1 unspecified atom stereocenters. The third-order valence-electron chi connectivity index (χ3n) is 2.22. The summed E-state index contributed by atoms with van der Waals surface area (Å²) in [6.07, 6.45) is -0.889. The van der Waals surface area contributed by atoms with Crippen molar-refractivity contribution in [3.8, 4) is 11.8 Å². The van der Waals surface area contributed by atoms with Crippen LogP contribution in [0.2, 0.25) is 0 Å². The van der Waals surface area contributed by atoms with Gasteiger partial charge in [-0.3, -0.25) is 0 Å². The number of ether oxygens (including phenoxy) is 1. The van der Waals surface area contributed by atoms with Gasteiger partial charge >= 0.3 is 0 Å². The molecule has 0 aromatic heterocycles. The largest absolute Gasteiger partial charge is 0.475 e. The molecule has 0 saturated heterocycles. The number of hydrogen-bond acceptors (Lipinski definition) is 3. The fourth-order valence-corrected chi connectivity index (χ4v) is 1.29. The zero-order valence-electron chi connectivity index (χ0n) is 9.27. The quantitative estimate of drug-likeness (QED) is 0.853. The molecule has 3 nitrogen and oxygen atoms in total. The molecule has 1 N–H and O–H groups in total. The molecule has 0 aliphatic rings. The van der Waals surface area contributed by atoms with Crippen molar-refractivity contribution in [1.29, 1.82) is 5.26 Å². The molecular formula is C12H14FNO2. The summed E-state index contributed by atoms with van der Waals surface area (Å²) in [6, 6.07) is 6.15. The van der Waals surface area contributed by atoms with Crippen molar-refractivity contribution < 1.29 is 14.2 Å². The van der Waals surface area contributed by atoms with Crippen molar-refractivity contribution in [3.05, 3.63) is 29.6 Å². The number of halogens is 1. The molecule has 0 fully saturated rings. The van der Waals surface area contributed by atoms with Gasteiger partial charge in [-0.05, 0) is 25.5 Å². The van der Waals surface area contributed by atoms with Crippen LogP contribution in [0.25, 0.3) is 0 Å². The van der Waals surface area contributed by atoms with Crippen LogP contribution in [0.4, 0.5) is 4.39 Å². The van der Waals surface area contributed by atoms with Gasteiger partial charge < -0.3 is 9.84 Å². The number of nitrogens with zero attached hydrogens (tertiary/aromatic N) is 1. The highest BCUT2D eigenvalue weighted by atomic mass is 19.1. The Morgan fingerprint density at radius 3 is 2.69 bits per heavy atom. The van der Waals surface area contributed by atoms with Gasteiger partial charge in [0, 0.05) is 11.6 Å². The maximum absolute atomic E-state index is 13.4. The van der Waals surface area contributed by atoms with Gasteiger partial charge in [0.25, 0.3) is 0 Å². The summed E-state index contributed by atoms with van der Waals surface area (Å²) in [5.41, 5.74) is 0.220. The van der Waals surface area contributed by atoms with Gasteiger partial charge in [0.15, 0.2) is 6.10 Å². The van der Waals surface area contributed by atoms with Crippen LogP contribution in [0.1, 0.15) is 31.9 Å². The van der Waals surface area contributed by atoms with Gasteiger partial charge in [-0.25, -0.2) is 4.39 Å². The van der Waals surface area contributed by atoms with Crippen molar-refractivity contribution in [2.75, 3.05) is 0 Å². The average molecular weight is 223 g/mol. The van der Waals surface area contributed by atoms with Crippen LogP contribution < -0.4 is 4.74 Å². The lowest BCUT2D eigenvalue weighted by atomic mass is 10.1. The highest BCUT2D eigenvalue weighted by molar-refractivity contribution is 5.30. The highest BCUT2D eigenvalue weighted by Gasteiger charge is 2.11. The van der Waals surface area contributed by atoms with E-state index >= 15 is 0 Å². The lowest BCUT2D eigenvalue weighted by Crippen LogP contribution is -2.12. The first kappa shape index (κ1) is 12.5. The van der Waals surface area contributed by atoms with Crippen LogP contribution in [-0.4, -0.2) is 11.2 Å². The first-order chi connectivity index (χ1) is 7.58. The van der Waals surface area contributed by atoms with E-state index in [1.807, 2.05) is 13.0 Å². The SMILES string of the molecule is CCC(C#N)Oc1ccc([C@@H](C)O)c(F)c1. The van der Waals surface area contributed by atoms with Crippen molar-refractivity contribution >= 4 is 0 Å². The van der Waals surface area contributed by atoms with E-state index in [9.17, 15) is 9.50 Å². The minimum Gasteiger partial charge on any atom is -0.475 e. The number of aliphatic hydroxyl groups excluding tert-OH is 1. The third-order valence-corrected chi connectivity index (χ3v) is 2.22. The Hall–Kier alpha value is -1.60. The Labute approximate surface area is 94.1 Å². The van der Waals surface area contributed by atoms with E-state index in [0.29, 0.717) is 12.2 Å². The predicted octanol–water partition coefficient (Wildman–Crippen LogP) is 2.56. The van der Waals surface area contributed by atoms with Crippen LogP contribution in [-0.2, 0) is 0 Å². The first-order valence-electron chi connectivity index (χ1n) is 5.12. The number of aliphatic hydroxyl groups is 1. The van der Waals surface area contributed by atoms with Gasteiger partial charge in [0.1, 0.15) is 17.6 Å². The molecule has 0 saturated carbocycles. The van der Waals surface area contributed by atoms with E-state index < -0.39 is 18.0 Å². The summed E-state index contributed by atoms with van der Waals surface area (Å²) >= 11 is 0. The topological polar surface area (TPSA) is 53.2 Å². The van der Waals surface area contributed by atoms with E-state index in [2.05, 4.69) is 0 Å². The monoisotopic (exact) mass is 223 g/mol. The normalized spacial score (nSPS) is 13.9. The summed E-state index contributed by atoms with van der Waals surface area (Å²) in [5, 5.41) is 17.9. The Bertz CT molecular complexity index is 398. The van der Waals surface area contributed by atoms with E-state index in [0.717, 1.165) is 0 Å². The molecular weight excluding hydrogens is 209 g/mol. The summed E-state index contributed by atoms with van der Waals surface area (Å²) in [6.45, 7) is 3.30. The second-order valence-electron chi connectivity index (χ2n) is 3.50. The summed E-state index contributed by atoms with van der Waals surface area (Å²) in [5.74, 6) is -0.226. The lowest BCUT2D eigenvalue weighted by Gasteiger charge is -2.12. The number of benzene rings is 1. The van der Waals surface area contributed by atoms with Gasteiger partial charge in [0.2, 0.25) is 0 Å². The molecule has 0 radical (unpaired) electrons. The van der Waals surface area contributed by atoms with Gasteiger partial charge in [-0.2, -0.15) is 5.26 Å². The van der Waals surface area contributed by atoms with E-state index in [4.69, 9.17) is 10.00 Å². The number of rotatable bonds is 4. The van der Waals surface area contributed by atoms with Crippen molar-refractivity contribution in [2.24, 2.45) is 0 Å². The summed E-state index contributed by atoms with van der Waals surface area (Å²) < 4.78 is 18.7. The lowest BCUT2D eigenvalue weighted by molar-refractivity contribution is 0.193. The molecule has 86 valence electrons. The van der Waals surface area contributed by atoms with Crippen molar-refractivity contribution in [2.45, 2.75) is 32.5 Å². The average Bonchev–Trinajstić information content (AvgIpc) is 2.25. The molecule has 1 rings (SSSR count). The molecule has 4 heteroatoms. The Kier molecular flexibility index (Phi) is 4.27. The molecule has 0 bridgehead atoms. The molecule has 1 aromatic carbocycles. The maximum Gasteiger partial charge on any atom is 0.184 e. The molecule has 2 atom stereocenters. The minimum absolute atomic E-state index is 0.220. The van der Waals surface area contributed by atoms with Gasteiger partial charge in [-0.15, -0.1) is 0 Å².